The summed E-state index contributed by atoms with van der Waals surface area (Å²) in [5, 5.41) is 14.5. The van der Waals surface area contributed by atoms with E-state index in [4.69, 9.17) is 0 Å². The van der Waals surface area contributed by atoms with Gasteiger partial charge in [-0.15, -0.1) is 0 Å². The van der Waals surface area contributed by atoms with Crippen LogP contribution in [0.2, 0.25) is 0 Å². The summed E-state index contributed by atoms with van der Waals surface area (Å²) in [4.78, 5) is 11.9. The van der Waals surface area contributed by atoms with Crippen molar-refractivity contribution in [1.29, 1.82) is 0 Å². The molecule has 1 aliphatic rings. The third-order valence-corrected chi connectivity index (χ3v) is 3.42. The van der Waals surface area contributed by atoms with Crippen LogP contribution in [0.5, 0.6) is 0 Å². The molecule has 2 heterocycles. The van der Waals surface area contributed by atoms with Gasteiger partial charge in [0.25, 0.3) is 0 Å². The van der Waals surface area contributed by atoms with Crippen LogP contribution in [0.4, 0.5) is 13.2 Å². The first-order chi connectivity index (χ1) is 8.28. The van der Waals surface area contributed by atoms with Gasteiger partial charge in [0.15, 0.2) is 0 Å². The Balaban J connectivity index is 2.21. The molecule has 0 amide bonds. The van der Waals surface area contributed by atoms with Gasteiger partial charge < -0.3 is 9.90 Å². The third kappa shape index (κ3) is 2.66. The van der Waals surface area contributed by atoms with Crippen LogP contribution in [0.15, 0.2) is 4.47 Å². The molecule has 0 saturated heterocycles. The smallest absolute Gasteiger partial charge is 0.401 e. The SMILES string of the molecule is O=C([O-])c1nn2c(c1Br)CN(CC(F)(F)F)CC2. The first-order valence-corrected chi connectivity index (χ1v) is 5.83. The summed E-state index contributed by atoms with van der Waals surface area (Å²) in [6, 6.07) is 0. The van der Waals surface area contributed by atoms with Crippen LogP contribution in [0.25, 0.3) is 0 Å². The lowest BCUT2D eigenvalue weighted by molar-refractivity contribution is -0.255. The number of carboxylic acid groups (broad SMARTS) is 1. The van der Waals surface area contributed by atoms with E-state index < -0.39 is 18.7 Å². The number of alkyl halides is 3. The molecule has 1 aromatic rings. The Morgan fingerprint density at radius 1 is 1.44 bits per heavy atom. The number of rotatable bonds is 2. The van der Waals surface area contributed by atoms with Crippen LogP contribution in [0.1, 0.15) is 16.2 Å². The quantitative estimate of drug-likeness (QED) is 0.788. The van der Waals surface area contributed by atoms with Crippen LogP contribution >= 0.6 is 15.9 Å². The first-order valence-electron chi connectivity index (χ1n) is 5.03. The van der Waals surface area contributed by atoms with Crippen molar-refractivity contribution in [2.24, 2.45) is 0 Å². The number of carboxylic acids is 1. The van der Waals surface area contributed by atoms with Crippen LogP contribution in [-0.4, -0.2) is 39.9 Å². The molecule has 18 heavy (non-hydrogen) atoms. The number of hydrogen-bond acceptors (Lipinski definition) is 4. The molecule has 0 saturated carbocycles. The van der Waals surface area contributed by atoms with E-state index in [1.165, 1.54) is 9.58 Å². The molecule has 0 atom stereocenters. The van der Waals surface area contributed by atoms with Crippen molar-refractivity contribution in [2.45, 2.75) is 19.3 Å². The summed E-state index contributed by atoms with van der Waals surface area (Å²) < 4.78 is 38.4. The molecule has 1 aliphatic heterocycles. The van der Waals surface area contributed by atoms with Crippen molar-refractivity contribution in [3.63, 3.8) is 0 Å². The summed E-state index contributed by atoms with van der Waals surface area (Å²) in [6.07, 6.45) is -4.27. The van der Waals surface area contributed by atoms with Crippen LogP contribution < -0.4 is 5.11 Å². The Labute approximate surface area is 108 Å². The lowest BCUT2D eigenvalue weighted by Crippen LogP contribution is -2.40. The summed E-state index contributed by atoms with van der Waals surface area (Å²) in [5.74, 6) is -1.45. The van der Waals surface area contributed by atoms with Gasteiger partial charge in [-0.25, -0.2) is 0 Å². The third-order valence-electron chi connectivity index (χ3n) is 2.59. The molecule has 0 radical (unpaired) electrons. The molecular formula is C9H8BrF3N3O2-. The van der Waals surface area contributed by atoms with Crippen molar-refractivity contribution in [3.8, 4) is 0 Å². The number of hydrogen-bond donors (Lipinski definition) is 0. The Morgan fingerprint density at radius 2 is 2.11 bits per heavy atom. The maximum absolute atomic E-state index is 12.3. The van der Waals surface area contributed by atoms with E-state index >= 15 is 0 Å². The average molecular weight is 327 g/mol. The number of aromatic nitrogens is 2. The number of halogens is 4. The molecule has 2 rings (SSSR count). The zero-order valence-corrected chi connectivity index (χ0v) is 10.6. The maximum atomic E-state index is 12.3. The van der Waals surface area contributed by atoms with E-state index in [9.17, 15) is 23.1 Å². The molecule has 1 aromatic heterocycles. The largest absolute Gasteiger partial charge is 0.543 e. The summed E-state index contributed by atoms with van der Waals surface area (Å²) in [7, 11) is 0. The van der Waals surface area contributed by atoms with Gasteiger partial charge in [0.1, 0.15) is 5.69 Å². The first kappa shape index (κ1) is 13.3. The summed E-state index contributed by atoms with van der Waals surface area (Å²) in [5.41, 5.74) is 0.142. The second-order valence-corrected chi connectivity index (χ2v) is 4.74. The molecule has 0 N–H and O–H groups in total. The predicted molar refractivity (Wildman–Crippen MR) is 55.6 cm³/mol. The van der Waals surface area contributed by atoms with Gasteiger partial charge >= 0.3 is 6.18 Å². The standard InChI is InChI=1S/C9H9BrF3N3O2/c10-6-5-3-15(4-9(11,12)13)1-2-16(5)14-7(6)8(17)18/h1-4H2,(H,17,18)/p-1. The van der Waals surface area contributed by atoms with Crippen molar-refractivity contribution in [2.75, 3.05) is 13.1 Å². The zero-order valence-electron chi connectivity index (χ0n) is 9.00. The molecule has 9 heteroatoms. The van der Waals surface area contributed by atoms with E-state index in [2.05, 4.69) is 21.0 Å². The predicted octanol–water partition coefficient (Wildman–Crippen LogP) is 0.387. The van der Waals surface area contributed by atoms with Crippen molar-refractivity contribution >= 4 is 21.9 Å². The highest BCUT2D eigenvalue weighted by atomic mass is 79.9. The fourth-order valence-corrected chi connectivity index (χ4v) is 2.43. The van der Waals surface area contributed by atoms with Crippen LogP contribution in [0.3, 0.4) is 0 Å². The van der Waals surface area contributed by atoms with E-state index in [0.29, 0.717) is 5.69 Å². The van der Waals surface area contributed by atoms with E-state index in [0.717, 1.165) is 0 Å². The van der Waals surface area contributed by atoms with Crippen LogP contribution in [0, 0.1) is 0 Å². The normalized spacial score (nSPS) is 16.7. The lowest BCUT2D eigenvalue weighted by atomic mass is 10.3. The molecular weight excluding hydrogens is 319 g/mol. The Kier molecular flexibility index (Phi) is 3.37. The number of fused-ring (bicyclic) bond motifs is 1. The maximum Gasteiger partial charge on any atom is 0.401 e. The minimum Gasteiger partial charge on any atom is -0.543 e. The van der Waals surface area contributed by atoms with Gasteiger partial charge in [-0.2, -0.15) is 18.3 Å². The number of carbonyl (C=O) groups excluding carboxylic acids is 1. The lowest BCUT2D eigenvalue weighted by Gasteiger charge is -2.28. The molecule has 0 bridgehead atoms. The molecule has 0 aliphatic carbocycles. The minimum absolute atomic E-state index is 0.000370. The highest BCUT2D eigenvalue weighted by Gasteiger charge is 2.33. The number of aromatic carboxylic acids is 1. The minimum atomic E-state index is -4.27. The second kappa shape index (κ2) is 4.54. The number of carbonyl (C=O) groups is 1. The van der Waals surface area contributed by atoms with E-state index in [1.54, 1.807) is 0 Å². The van der Waals surface area contributed by atoms with Crippen molar-refractivity contribution in [3.05, 3.63) is 15.9 Å². The second-order valence-electron chi connectivity index (χ2n) is 3.95. The average Bonchev–Trinajstić information content (AvgIpc) is 2.54. The molecule has 0 fully saturated rings. The fraction of sp³-hybridized carbons (Fsp3) is 0.556. The van der Waals surface area contributed by atoms with Gasteiger partial charge in [0, 0.05) is 13.1 Å². The monoisotopic (exact) mass is 326 g/mol. The summed E-state index contributed by atoms with van der Waals surface area (Å²) in [6.45, 7) is -0.629. The molecule has 100 valence electrons. The molecule has 0 unspecified atom stereocenters. The summed E-state index contributed by atoms with van der Waals surface area (Å²) >= 11 is 3.03. The van der Waals surface area contributed by atoms with Gasteiger partial charge in [-0.05, 0) is 15.9 Å². The molecule has 0 spiro atoms. The van der Waals surface area contributed by atoms with Crippen molar-refractivity contribution < 1.29 is 23.1 Å². The fourth-order valence-electron chi connectivity index (χ4n) is 1.86. The highest BCUT2D eigenvalue weighted by Crippen LogP contribution is 2.27. The van der Waals surface area contributed by atoms with Gasteiger partial charge in [-0.1, -0.05) is 0 Å². The zero-order chi connectivity index (χ0) is 13.5. The van der Waals surface area contributed by atoms with Crippen molar-refractivity contribution in [1.82, 2.24) is 14.7 Å². The van der Waals surface area contributed by atoms with Crippen LogP contribution in [-0.2, 0) is 13.1 Å². The molecule has 5 nitrogen and oxygen atoms in total. The topological polar surface area (TPSA) is 61.2 Å². The van der Waals surface area contributed by atoms with E-state index in [-0.39, 0.29) is 29.8 Å². The Bertz CT molecular complexity index is 486. The van der Waals surface area contributed by atoms with Gasteiger partial charge in [-0.3, -0.25) is 9.58 Å². The number of nitrogens with zero attached hydrogens (tertiary/aromatic N) is 3. The van der Waals surface area contributed by atoms with Gasteiger partial charge in [0.05, 0.1) is 29.2 Å². The highest BCUT2D eigenvalue weighted by molar-refractivity contribution is 9.10. The van der Waals surface area contributed by atoms with Gasteiger partial charge in [0.2, 0.25) is 0 Å². The Morgan fingerprint density at radius 3 is 2.67 bits per heavy atom. The molecule has 0 aromatic carbocycles. The van der Waals surface area contributed by atoms with E-state index in [1.807, 2.05) is 0 Å². The Hall–Kier alpha value is -1.09.